The molecule has 1 amide bonds. The standard InChI is InChI=1S/C13H20ClNO2/c1-4-10-7-8-11(17-10)12(16)15-13(5-2,6-3)9-14/h7-8H,4-6,9H2,1-3H3,(H,15,16). The molecule has 4 heteroatoms. The summed E-state index contributed by atoms with van der Waals surface area (Å²) in [5.74, 6) is 1.40. The van der Waals surface area contributed by atoms with Gasteiger partial charge in [0, 0.05) is 12.3 Å². The van der Waals surface area contributed by atoms with Gasteiger partial charge in [-0.15, -0.1) is 11.6 Å². The zero-order valence-corrected chi connectivity index (χ0v) is 11.4. The van der Waals surface area contributed by atoms with Gasteiger partial charge in [-0.3, -0.25) is 4.79 Å². The van der Waals surface area contributed by atoms with Gasteiger partial charge in [0.15, 0.2) is 5.76 Å². The van der Waals surface area contributed by atoms with Gasteiger partial charge in [-0.05, 0) is 25.0 Å². The van der Waals surface area contributed by atoms with Crippen molar-refractivity contribution in [2.75, 3.05) is 5.88 Å². The monoisotopic (exact) mass is 257 g/mol. The first-order chi connectivity index (χ1) is 8.10. The number of hydrogen-bond acceptors (Lipinski definition) is 2. The van der Waals surface area contributed by atoms with Crippen LogP contribution in [-0.2, 0) is 6.42 Å². The first-order valence-electron chi connectivity index (χ1n) is 6.08. The summed E-state index contributed by atoms with van der Waals surface area (Å²) in [7, 11) is 0. The maximum Gasteiger partial charge on any atom is 0.287 e. The van der Waals surface area contributed by atoms with Crippen molar-refractivity contribution in [2.24, 2.45) is 0 Å². The van der Waals surface area contributed by atoms with Gasteiger partial charge in [0.2, 0.25) is 0 Å². The van der Waals surface area contributed by atoms with Crippen LogP contribution in [0.2, 0.25) is 0 Å². The third-order valence-corrected chi connectivity index (χ3v) is 3.73. The van der Waals surface area contributed by atoms with Gasteiger partial charge in [-0.25, -0.2) is 0 Å². The van der Waals surface area contributed by atoms with Gasteiger partial charge in [-0.2, -0.15) is 0 Å². The fourth-order valence-corrected chi connectivity index (χ4v) is 2.09. The molecule has 1 aromatic heterocycles. The molecule has 0 atom stereocenters. The summed E-state index contributed by atoms with van der Waals surface area (Å²) in [6, 6.07) is 3.54. The van der Waals surface area contributed by atoms with E-state index in [9.17, 15) is 4.79 Å². The average Bonchev–Trinajstić information content (AvgIpc) is 2.85. The molecule has 17 heavy (non-hydrogen) atoms. The van der Waals surface area contributed by atoms with Gasteiger partial charge < -0.3 is 9.73 Å². The SMILES string of the molecule is CCc1ccc(C(=O)NC(CC)(CC)CCl)o1. The normalized spacial score (nSPS) is 11.5. The quantitative estimate of drug-likeness (QED) is 0.794. The van der Waals surface area contributed by atoms with Crippen LogP contribution >= 0.6 is 11.6 Å². The van der Waals surface area contributed by atoms with Crippen molar-refractivity contribution in [1.82, 2.24) is 5.32 Å². The largest absolute Gasteiger partial charge is 0.456 e. The Morgan fingerprint density at radius 1 is 1.35 bits per heavy atom. The lowest BCUT2D eigenvalue weighted by atomic mass is 9.95. The van der Waals surface area contributed by atoms with E-state index in [1.54, 1.807) is 6.07 Å². The molecule has 3 nitrogen and oxygen atoms in total. The van der Waals surface area contributed by atoms with Crippen molar-refractivity contribution in [1.29, 1.82) is 0 Å². The molecule has 0 aliphatic carbocycles. The summed E-state index contributed by atoms with van der Waals surface area (Å²) in [6.45, 7) is 6.03. The Kier molecular flexibility index (Phi) is 5.06. The van der Waals surface area contributed by atoms with Gasteiger partial charge >= 0.3 is 0 Å². The zero-order chi connectivity index (χ0) is 12.9. The summed E-state index contributed by atoms with van der Waals surface area (Å²) < 4.78 is 5.42. The van der Waals surface area contributed by atoms with Crippen molar-refractivity contribution in [3.8, 4) is 0 Å². The van der Waals surface area contributed by atoms with Crippen LogP contribution in [0.15, 0.2) is 16.5 Å². The molecule has 0 saturated carbocycles. The van der Waals surface area contributed by atoms with Gasteiger partial charge in [0.05, 0.1) is 5.54 Å². The second-order valence-electron chi connectivity index (χ2n) is 4.19. The Morgan fingerprint density at radius 2 is 2.00 bits per heavy atom. The number of rotatable bonds is 6. The molecular weight excluding hydrogens is 238 g/mol. The molecule has 0 unspecified atom stereocenters. The molecule has 0 radical (unpaired) electrons. The fourth-order valence-electron chi connectivity index (χ4n) is 1.64. The van der Waals surface area contributed by atoms with E-state index in [0.717, 1.165) is 25.0 Å². The average molecular weight is 258 g/mol. The molecule has 1 heterocycles. The number of aryl methyl sites for hydroxylation is 1. The molecule has 0 saturated heterocycles. The smallest absolute Gasteiger partial charge is 0.287 e. The molecule has 0 aliphatic heterocycles. The number of carbonyl (C=O) groups excluding carboxylic acids is 1. The Morgan fingerprint density at radius 3 is 2.41 bits per heavy atom. The van der Waals surface area contributed by atoms with Crippen molar-refractivity contribution in [2.45, 2.75) is 45.6 Å². The van der Waals surface area contributed by atoms with Crippen LogP contribution in [0, 0.1) is 0 Å². The lowest BCUT2D eigenvalue weighted by molar-refractivity contribution is 0.0872. The maximum atomic E-state index is 12.0. The maximum absolute atomic E-state index is 12.0. The topological polar surface area (TPSA) is 42.2 Å². The molecule has 0 spiro atoms. The Bertz CT molecular complexity index is 361. The van der Waals surface area contributed by atoms with Crippen molar-refractivity contribution in [3.63, 3.8) is 0 Å². The molecule has 0 aliphatic rings. The number of alkyl halides is 1. The molecule has 96 valence electrons. The number of carbonyl (C=O) groups is 1. The minimum atomic E-state index is -0.336. The predicted molar refractivity (Wildman–Crippen MR) is 69.6 cm³/mol. The molecular formula is C13H20ClNO2. The summed E-state index contributed by atoms with van der Waals surface area (Å²) in [6.07, 6.45) is 2.40. The van der Waals surface area contributed by atoms with Crippen LogP contribution in [0.4, 0.5) is 0 Å². The van der Waals surface area contributed by atoms with E-state index >= 15 is 0 Å². The van der Waals surface area contributed by atoms with E-state index < -0.39 is 0 Å². The molecule has 0 aromatic carbocycles. The van der Waals surface area contributed by atoms with Gasteiger partial charge in [0.25, 0.3) is 5.91 Å². The highest BCUT2D eigenvalue weighted by molar-refractivity contribution is 6.18. The van der Waals surface area contributed by atoms with Crippen LogP contribution in [0.25, 0.3) is 0 Å². The third kappa shape index (κ3) is 3.25. The van der Waals surface area contributed by atoms with E-state index in [1.807, 2.05) is 26.8 Å². The first kappa shape index (κ1) is 14.1. The van der Waals surface area contributed by atoms with Crippen molar-refractivity contribution < 1.29 is 9.21 Å². The van der Waals surface area contributed by atoms with Crippen molar-refractivity contribution in [3.05, 3.63) is 23.7 Å². The zero-order valence-electron chi connectivity index (χ0n) is 10.7. The van der Waals surface area contributed by atoms with Crippen molar-refractivity contribution >= 4 is 17.5 Å². The summed E-state index contributed by atoms with van der Waals surface area (Å²) in [4.78, 5) is 12.0. The van der Waals surface area contributed by atoms with E-state index in [0.29, 0.717) is 11.6 Å². The fraction of sp³-hybridized carbons (Fsp3) is 0.615. The van der Waals surface area contributed by atoms with Crippen LogP contribution in [0.3, 0.4) is 0 Å². The van der Waals surface area contributed by atoms with Crippen LogP contribution in [-0.4, -0.2) is 17.3 Å². The van der Waals surface area contributed by atoms with Crippen LogP contribution in [0.5, 0.6) is 0 Å². The van der Waals surface area contributed by atoms with E-state index in [1.165, 1.54) is 0 Å². The highest BCUT2D eigenvalue weighted by Gasteiger charge is 2.28. The van der Waals surface area contributed by atoms with Gasteiger partial charge in [0.1, 0.15) is 5.76 Å². The number of nitrogens with one attached hydrogen (secondary N) is 1. The third-order valence-electron chi connectivity index (χ3n) is 3.22. The predicted octanol–water partition coefficient (Wildman–Crippen LogP) is 3.37. The second kappa shape index (κ2) is 6.10. The van der Waals surface area contributed by atoms with Gasteiger partial charge in [-0.1, -0.05) is 20.8 Å². The van der Waals surface area contributed by atoms with Crippen LogP contribution < -0.4 is 5.32 Å². The van der Waals surface area contributed by atoms with E-state index in [4.69, 9.17) is 16.0 Å². The molecule has 1 aromatic rings. The number of amides is 1. The summed E-state index contributed by atoms with van der Waals surface area (Å²) in [5, 5.41) is 2.97. The number of halogens is 1. The summed E-state index contributed by atoms with van der Waals surface area (Å²) in [5.41, 5.74) is -0.336. The summed E-state index contributed by atoms with van der Waals surface area (Å²) >= 11 is 5.94. The Labute approximate surface area is 108 Å². The number of furan rings is 1. The Balaban J connectivity index is 2.77. The van der Waals surface area contributed by atoms with Crippen LogP contribution in [0.1, 0.15) is 49.9 Å². The molecule has 1 rings (SSSR count). The minimum absolute atomic E-state index is 0.186. The first-order valence-corrected chi connectivity index (χ1v) is 6.61. The molecule has 1 N–H and O–H groups in total. The number of hydrogen-bond donors (Lipinski definition) is 1. The highest BCUT2D eigenvalue weighted by Crippen LogP contribution is 2.18. The molecule has 0 bridgehead atoms. The Hall–Kier alpha value is -0.960. The van der Waals surface area contributed by atoms with E-state index in [-0.39, 0.29) is 11.4 Å². The lowest BCUT2D eigenvalue weighted by Crippen LogP contribution is -2.49. The highest BCUT2D eigenvalue weighted by atomic mass is 35.5. The molecule has 0 fully saturated rings. The van der Waals surface area contributed by atoms with E-state index in [2.05, 4.69) is 5.32 Å². The lowest BCUT2D eigenvalue weighted by Gasteiger charge is -2.30. The minimum Gasteiger partial charge on any atom is -0.456 e. The second-order valence-corrected chi connectivity index (χ2v) is 4.46.